The van der Waals surface area contributed by atoms with Crippen LogP contribution in [-0.2, 0) is 9.63 Å². The minimum Gasteiger partial charge on any atom is -0.329 e. The van der Waals surface area contributed by atoms with Gasteiger partial charge in [-0.25, -0.2) is 4.79 Å². The van der Waals surface area contributed by atoms with E-state index in [9.17, 15) is 14.4 Å². The van der Waals surface area contributed by atoms with Crippen molar-refractivity contribution in [2.75, 3.05) is 0 Å². The summed E-state index contributed by atoms with van der Waals surface area (Å²) in [6.07, 6.45) is 3.55. The molecular formula is C17H19NO4. The Labute approximate surface area is 129 Å². The lowest BCUT2D eigenvalue weighted by Crippen LogP contribution is -2.40. The minimum absolute atomic E-state index is 0.232. The molecule has 0 aromatic heterocycles. The summed E-state index contributed by atoms with van der Waals surface area (Å²) >= 11 is 0. The Hall–Kier alpha value is -2.17. The fourth-order valence-electron chi connectivity index (χ4n) is 3.60. The number of nitrogens with zero attached hydrogens (tertiary/aromatic N) is 1. The van der Waals surface area contributed by atoms with Gasteiger partial charge in [-0.2, -0.15) is 0 Å². The molecule has 3 rings (SSSR count). The second-order valence-electron chi connectivity index (χ2n) is 6.24. The molecule has 1 aliphatic carbocycles. The van der Waals surface area contributed by atoms with Gasteiger partial charge < -0.3 is 4.84 Å². The molecule has 0 radical (unpaired) electrons. The van der Waals surface area contributed by atoms with E-state index >= 15 is 0 Å². The summed E-state index contributed by atoms with van der Waals surface area (Å²) in [7, 11) is 0. The standard InChI is InChI=1S/C17H19NO4/c1-3-11-7-6-10-17(11,2)16(21)22-18-14(19)12-8-4-5-9-13(12)15(18)20/h4-5,8-9,11H,3,6-7,10H2,1-2H3. The molecule has 116 valence electrons. The fourth-order valence-corrected chi connectivity index (χ4v) is 3.60. The van der Waals surface area contributed by atoms with Gasteiger partial charge in [-0.3, -0.25) is 9.59 Å². The maximum Gasteiger partial charge on any atom is 0.339 e. The highest BCUT2D eigenvalue weighted by Crippen LogP contribution is 2.46. The predicted molar refractivity (Wildman–Crippen MR) is 78.8 cm³/mol. The number of hydroxylamine groups is 2. The Bertz CT molecular complexity index is 619. The van der Waals surface area contributed by atoms with E-state index in [0.29, 0.717) is 5.06 Å². The summed E-state index contributed by atoms with van der Waals surface area (Å²) in [5.41, 5.74) is -0.0581. The number of carbonyl (C=O) groups excluding carboxylic acids is 3. The molecule has 2 unspecified atom stereocenters. The molecule has 22 heavy (non-hydrogen) atoms. The molecule has 1 fully saturated rings. The van der Waals surface area contributed by atoms with E-state index in [0.717, 1.165) is 25.7 Å². The Kier molecular flexibility index (Phi) is 3.51. The minimum atomic E-state index is -0.621. The van der Waals surface area contributed by atoms with Crippen molar-refractivity contribution in [2.24, 2.45) is 11.3 Å². The van der Waals surface area contributed by atoms with Crippen LogP contribution in [0, 0.1) is 11.3 Å². The molecule has 1 saturated carbocycles. The van der Waals surface area contributed by atoms with E-state index in [2.05, 4.69) is 0 Å². The Morgan fingerprint density at radius 3 is 2.41 bits per heavy atom. The number of imide groups is 1. The number of hydrogen-bond acceptors (Lipinski definition) is 4. The first kappa shape index (κ1) is 14.8. The molecule has 2 aliphatic rings. The summed E-state index contributed by atoms with van der Waals surface area (Å²) in [4.78, 5) is 42.3. The number of fused-ring (bicyclic) bond motifs is 1. The van der Waals surface area contributed by atoms with Crippen LogP contribution < -0.4 is 0 Å². The summed E-state index contributed by atoms with van der Waals surface area (Å²) < 4.78 is 0. The Balaban J connectivity index is 1.82. The van der Waals surface area contributed by atoms with E-state index in [1.54, 1.807) is 24.3 Å². The molecule has 0 N–H and O–H groups in total. The van der Waals surface area contributed by atoms with Crippen LogP contribution in [0.5, 0.6) is 0 Å². The largest absolute Gasteiger partial charge is 0.339 e. The van der Waals surface area contributed by atoms with Crippen molar-refractivity contribution in [3.05, 3.63) is 35.4 Å². The molecule has 1 aliphatic heterocycles. The van der Waals surface area contributed by atoms with Crippen molar-refractivity contribution in [2.45, 2.75) is 39.5 Å². The van der Waals surface area contributed by atoms with Gasteiger partial charge in [0.1, 0.15) is 0 Å². The number of hydrogen-bond donors (Lipinski definition) is 0. The lowest BCUT2D eigenvalue weighted by molar-refractivity contribution is -0.182. The van der Waals surface area contributed by atoms with Crippen molar-refractivity contribution >= 4 is 17.8 Å². The number of carbonyl (C=O) groups is 3. The van der Waals surface area contributed by atoms with Gasteiger partial charge in [0.15, 0.2) is 0 Å². The van der Waals surface area contributed by atoms with E-state index < -0.39 is 23.2 Å². The van der Waals surface area contributed by atoms with Gasteiger partial charge in [0.05, 0.1) is 16.5 Å². The molecule has 2 atom stereocenters. The first-order chi connectivity index (χ1) is 10.5. The molecule has 1 aromatic carbocycles. The topological polar surface area (TPSA) is 63.7 Å². The third-order valence-electron chi connectivity index (χ3n) is 5.04. The first-order valence-electron chi connectivity index (χ1n) is 7.69. The Morgan fingerprint density at radius 1 is 1.27 bits per heavy atom. The molecule has 1 heterocycles. The third kappa shape index (κ3) is 2.03. The second-order valence-corrected chi connectivity index (χ2v) is 6.24. The van der Waals surface area contributed by atoms with Gasteiger partial charge in [0.25, 0.3) is 11.8 Å². The van der Waals surface area contributed by atoms with Gasteiger partial charge in [-0.15, -0.1) is 0 Å². The number of benzene rings is 1. The molecule has 5 nitrogen and oxygen atoms in total. The Morgan fingerprint density at radius 2 is 1.86 bits per heavy atom. The highest BCUT2D eigenvalue weighted by Gasteiger charge is 2.48. The molecular weight excluding hydrogens is 282 g/mol. The zero-order chi connectivity index (χ0) is 15.9. The van der Waals surface area contributed by atoms with Crippen LogP contribution in [-0.4, -0.2) is 22.8 Å². The average Bonchev–Trinajstić information content (AvgIpc) is 3.02. The van der Waals surface area contributed by atoms with Gasteiger partial charge in [-0.1, -0.05) is 37.0 Å². The summed E-state index contributed by atoms with van der Waals surface area (Å²) in [6, 6.07) is 6.49. The molecule has 5 heteroatoms. The van der Waals surface area contributed by atoms with E-state index in [-0.39, 0.29) is 17.0 Å². The van der Waals surface area contributed by atoms with Crippen LogP contribution in [0.3, 0.4) is 0 Å². The van der Waals surface area contributed by atoms with Gasteiger partial charge in [0.2, 0.25) is 0 Å². The lowest BCUT2D eigenvalue weighted by atomic mass is 9.78. The zero-order valence-corrected chi connectivity index (χ0v) is 12.8. The van der Waals surface area contributed by atoms with Crippen molar-refractivity contribution in [3.8, 4) is 0 Å². The van der Waals surface area contributed by atoms with Crippen LogP contribution >= 0.6 is 0 Å². The van der Waals surface area contributed by atoms with Crippen molar-refractivity contribution in [3.63, 3.8) is 0 Å². The highest BCUT2D eigenvalue weighted by atomic mass is 16.7. The van der Waals surface area contributed by atoms with Crippen LogP contribution in [0.15, 0.2) is 24.3 Å². The van der Waals surface area contributed by atoms with Gasteiger partial charge in [0, 0.05) is 0 Å². The number of rotatable bonds is 3. The normalized spacial score (nSPS) is 27.2. The fraction of sp³-hybridized carbons (Fsp3) is 0.471. The molecule has 0 spiro atoms. The average molecular weight is 301 g/mol. The zero-order valence-electron chi connectivity index (χ0n) is 12.8. The molecule has 0 saturated heterocycles. The van der Waals surface area contributed by atoms with Crippen LogP contribution in [0.25, 0.3) is 0 Å². The van der Waals surface area contributed by atoms with Crippen LogP contribution in [0.4, 0.5) is 0 Å². The molecule has 0 bridgehead atoms. The SMILES string of the molecule is CCC1CCCC1(C)C(=O)ON1C(=O)c2ccccc2C1=O. The quantitative estimate of drug-likeness (QED) is 0.805. The number of amides is 2. The highest BCUT2D eigenvalue weighted by molar-refractivity contribution is 6.20. The maximum absolute atomic E-state index is 12.6. The first-order valence-corrected chi connectivity index (χ1v) is 7.69. The van der Waals surface area contributed by atoms with E-state index in [4.69, 9.17) is 4.84 Å². The van der Waals surface area contributed by atoms with Crippen molar-refractivity contribution < 1.29 is 19.2 Å². The predicted octanol–water partition coefficient (Wildman–Crippen LogP) is 2.96. The van der Waals surface area contributed by atoms with Crippen molar-refractivity contribution in [1.29, 1.82) is 0 Å². The second kappa shape index (κ2) is 5.23. The van der Waals surface area contributed by atoms with Crippen molar-refractivity contribution in [1.82, 2.24) is 5.06 Å². The summed E-state index contributed by atoms with van der Waals surface area (Å²) in [5, 5.41) is 0.614. The van der Waals surface area contributed by atoms with Gasteiger partial charge >= 0.3 is 5.97 Å². The summed E-state index contributed by atoms with van der Waals surface area (Å²) in [6.45, 7) is 3.91. The van der Waals surface area contributed by atoms with Crippen LogP contribution in [0.1, 0.15) is 60.2 Å². The smallest absolute Gasteiger partial charge is 0.329 e. The van der Waals surface area contributed by atoms with E-state index in [1.165, 1.54) is 0 Å². The summed E-state index contributed by atoms with van der Waals surface area (Å²) in [5.74, 6) is -1.38. The molecule has 1 aromatic rings. The van der Waals surface area contributed by atoms with Gasteiger partial charge in [-0.05, 0) is 37.8 Å². The molecule has 2 amide bonds. The third-order valence-corrected chi connectivity index (χ3v) is 5.04. The lowest BCUT2D eigenvalue weighted by Gasteiger charge is -2.29. The maximum atomic E-state index is 12.6. The van der Waals surface area contributed by atoms with E-state index in [1.807, 2.05) is 13.8 Å². The van der Waals surface area contributed by atoms with Crippen LogP contribution in [0.2, 0.25) is 0 Å². The monoisotopic (exact) mass is 301 g/mol.